The molecule has 4 aromatic carbocycles. The summed E-state index contributed by atoms with van der Waals surface area (Å²) in [5.41, 5.74) is 0.783. The number of halogens is 3. The Bertz CT molecular complexity index is 1030. The molecule has 0 aliphatic rings. The van der Waals surface area contributed by atoms with Crippen LogP contribution in [0, 0.1) is 11.6 Å². The van der Waals surface area contributed by atoms with Crippen molar-refractivity contribution in [2.75, 3.05) is 6.16 Å². The predicted molar refractivity (Wildman–Crippen MR) is 129 cm³/mol. The number of hydrogen-bond acceptors (Lipinski definition) is 0. The zero-order chi connectivity index (χ0) is 21.1. The molecule has 0 bridgehead atoms. The van der Waals surface area contributed by atoms with E-state index in [1.54, 1.807) is 6.07 Å². The van der Waals surface area contributed by atoms with Crippen molar-refractivity contribution < 1.29 is 8.78 Å². The van der Waals surface area contributed by atoms with Crippen molar-refractivity contribution in [3.05, 3.63) is 126 Å². The Hall–Kier alpha value is -2.35. The number of aryl methyl sites for hydroxylation is 1. The summed E-state index contributed by atoms with van der Waals surface area (Å²) in [5, 5.41) is 0.578. The Morgan fingerprint density at radius 1 is 0.567 bits per heavy atom. The molecule has 0 nitrogen and oxygen atoms in total. The minimum atomic E-state index is -3.06. The van der Waals surface area contributed by atoms with Gasteiger partial charge in [0.15, 0.2) is 0 Å². The fourth-order valence-corrected chi connectivity index (χ4v) is 11.5. The standard InChI is InChI=1S/C26H22BrF2P/c27-30(22-10-4-1-5-11-22,23-12-6-2-7-13-23,24-14-8-3-9-15-24)19-18-21-16-17-25(28)26(29)20-21/h1-17,20H,18-19H2. The molecule has 0 N–H and O–H groups in total. The van der Waals surface area contributed by atoms with E-state index in [9.17, 15) is 8.78 Å². The summed E-state index contributed by atoms with van der Waals surface area (Å²) in [6.45, 7) is 0. The molecular weight excluding hydrogens is 461 g/mol. The van der Waals surface area contributed by atoms with Gasteiger partial charge in [0.05, 0.1) is 0 Å². The predicted octanol–water partition coefficient (Wildman–Crippen LogP) is 6.35. The molecule has 0 unspecified atom stereocenters. The van der Waals surface area contributed by atoms with Crippen molar-refractivity contribution in [3.63, 3.8) is 0 Å². The molecule has 0 aromatic heterocycles. The van der Waals surface area contributed by atoms with E-state index in [4.69, 9.17) is 0 Å². The van der Waals surface area contributed by atoms with E-state index in [0.717, 1.165) is 11.7 Å². The van der Waals surface area contributed by atoms with E-state index in [1.807, 2.05) is 18.2 Å². The Labute approximate surface area is 184 Å². The molecule has 0 fully saturated rings. The fraction of sp³-hybridized carbons (Fsp3) is 0.0769. The van der Waals surface area contributed by atoms with E-state index < -0.39 is 16.9 Å². The summed E-state index contributed by atoms with van der Waals surface area (Å²) in [6.07, 6.45) is 1.35. The first kappa shape index (κ1) is 20.9. The Balaban J connectivity index is 1.94. The number of rotatable bonds is 6. The van der Waals surface area contributed by atoms with Crippen LogP contribution in [0.15, 0.2) is 109 Å². The fourth-order valence-electron chi connectivity index (χ4n) is 4.09. The average molecular weight is 483 g/mol. The van der Waals surface area contributed by atoms with Crippen LogP contribution in [0.2, 0.25) is 0 Å². The average Bonchev–Trinajstić information content (AvgIpc) is 2.81. The van der Waals surface area contributed by atoms with Crippen LogP contribution in [-0.2, 0) is 6.42 Å². The molecule has 0 heterocycles. The third kappa shape index (κ3) is 3.62. The molecule has 4 aromatic rings. The SMILES string of the molecule is Fc1ccc(CCP(Br)(c2ccccc2)(c2ccccc2)c2ccccc2)cc1F. The van der Waals surface area contributed by atoms with Gasteiger partial charge >= 0.3 is 184 Å². The normalized spacial score (nSPS) is 12.8. The van der Waals surface area contributed by atoms with Gasteiger partial charge in [0, 0.05) is 0 Å². The van der Waals surface area contributed by atoms with Gasteiger partial charge in [0.1, 0.15) is 0 Å². The van der Waals surface area contributed by atoms with Gasteiger partial charge in [-0.3, -0.25) is 0 Å². The first-order valence-electron chi connectivity index (χ1n) is 9.86. The van der Waals surface area contributed by atoms with Crippen LogP contribution in [-0.4, -0.2) is 6.16 Å². The summed E-state index contributed by atoms with van der Waals surface area (Å²) < 4.78 is 27.4. The maximum absolute atomic E-state index is 13.9. The van der Waals surface area contributed by atoms with Crippen LogP contribution in [0.5, 0.6) is 0 Å². The van der Waals surface area contributed by atoms with E-state index in [1.165, 1.54) is 28.0 Å². The minimum absolute atomic E-state index is 0.610. The Kier molecular flexibility index (Phi) is 5.86. The molecule has 0 atom stereocenters. The van der Waals surface area contributed by atoms with Gasteiger partial charge in [-0.2, -0.15) is 0 Å². The molecule has 0 saturated heterocycles. The third-order valence-electron chi connectivity index (χ3n) is 5.69. The molecule has 0 saturated carbocycles. The van der Waals surface area contributed by atoms with Gasteiger partial charge in [-0.25, -0.2) is 0 Å². The van der Waals surface area contributed by atoms with Gasteiger partial charge < -0.3 is 0 Å². The van der Waals surface area contributed by atoms with E-state index in [2.05, 4.69) is 88.3 Å². The van der Waals surface area contributed by atoms with Crippen molar-refractivity contribution >= 4 is 36.7 Å². The van der Waals surface area contributed by atoms with Crippen molar-refractivity contribution in [2.24, 2.45) is 0 Å². The molecule has 0 amide bonds. The van der Waals surface area contributed by atoms with Crippen LogP contribution < -0.4 is 15.9 Å². The molecule has 152 valence electrons. The second-order valence-corrected chi connectivity index (χ2v) is 16.5. The van der Waals surface area contributed by atoms with Gasteiger partial charge in [-0.1, -0.05) is 0 Å². The van der Waals surface area contributed by atoms with E-state index in [-0.39, 0.29) is 0 Å². The zero-order valence-corrected chi connectivity index (χ0v) is 18.9. The Morgan fingerprint density at radius 3 is 1.40 bits per heavy atom. The van der Waals surface area contributed by atoms with Crippen molar-refractivity contribution in [3.8, 4) is 0 Å². The van der Waals surface area contributed by atoms with Crippen LogP contribution in [0.4, 0.5) is 8.78 Å². The molecule has 0 spiro atoms. The van der Waals surface area contributed by atoms with Crippen molar-refractivity contribution in [1.82, 2.24) is 0 Å². The first-order valence-corrected chi connectivity index (χ1v) is 14.3. The second-order valence-electron chi connectivity index (χ2n) is 7.41. The molecule has 30 heavy (non-hydrogen) atoms. The Morgan fingerprint density at radius 2 is 1.00 bits per heavy atom. The van der Waals surface area contributed by atoms with Crippen molar-refractivity contribution in [1.29, 1.82) is 0 Å². The van der Waals surface area contributed by atoms with Crippen LogP contribution >= 0.6 is 20.8 Å². The van der Waals surface area contributed by atoms with Crippen LogP contribution in [0.1, 0.15) is 5.56 Å². The summed E-state index contributed by atoms with van der Waals surface area (Å²) in [5.74, 6) is -1.62. The van der Waals surface area contributed by atoms with Crippen molar-refractivity contribution in [2.45, 2.75) is 6.42 Å². The molecule has 4 heteroatoms. The van der Waals surface area contributed by atoms with E-state index in [0.29, 0.717) is 6.42 Å². The van der Waals surface area contributed by atoms with Gasteiger partial charge in [-0.05, 0) is 0 Å². The van der Waals surface area contributed by atoms with Crippen LogP contribution in [0.25, 0.3) is 0 Å². The zero-order valence-electron chi connectivity index (χ0n) is 16.4. The summed E-state index contributed by atoms with van der Waals surface area (Å²) in [7, 11) is 0. The quantitative estimate of drug-likeness (QED) is 0.281. The molecule has 0 aliphatic heterocycles. The van der Waals surface area contributed by atoms with E-state index >= 15 is 0 Å². The molecule has 4 rings (SSSR count). The summed E-state index contributed by atoms with van der Waals surface area (Å²) in [6, 6.07) is 35.6. The topological polar surface area (TPSA) is 0 Å². The van der Waals surface area contributed by atoms with Gasteiger partial charge in [-0.15, -0.1) is 0 Å². The molecule has 0 radical (unpaired) electrons. The molecular formula is C26H22BrF2P. The summed E-state index contributed by atoms with van der Waals surface area (Å²) in [4.78, 5) is 0. The first-order chi connectivity index (χ1) is 14.5. The molecule has 0 aliphatic carbocycles. The monoisotopic (exact) mass is 482 g/mol. The van der Waals surface area contributed by atoms with Gasteiger partial charge in [0.25, 0.3) is 0 Å². The van der Waals surface area contributed by atoms with Gasteiger partial charge in [0.2, 0.25) is 0 Å². The number of benzene rings is 4. The maximum atomic E-state index is 13.9. The third-order valence-corrected chi connectivity index (χ3v) is 15.6. The second kappa shape index (κ2) is 8.41. The number of hydrogen-bond donors (Lipinski definition) is 0. The summed E-state index contributed by atoms with van der Waals surface area (Å²) >= 11 is 4.37. The van der Waals surface area contributed by atoms with Crippen LogP contribution in [0.3, 0.4) is 0 Å².